The van der Waals surface area contributed by atoms with E-state index in [1.54, 1.807) is 0 Å². The molecule has 5 nitrogen and oxygen atoms in total. The van der Waals surface area contributed by atoms with Crippen molar-refractivity contribution >= 4 is 5.97 Å². The van der Waals surface area contributed by atoms with E-state index < -0.39 is 0 Å². The number of ether oxygens (including phenoxy) is 1. The Morgan fingerprint density at radius 3 is 2.65 bits per heavy atom. The second-order valence-corrected chi connectivity index (χ2v) is 6.98. The first-order valence-electron chi connectivity index (χ1n) is 7.54. The van der Waals surface area contributed by atoms with Crippen LogP contribution in [0, 0.1) is 11.3 Å². The lowest BCUT2D eigenvalue weighted by Gasteiger charge is -2.38. The maximum absolute atomic E-state index is 11.6. The van der Waals surface area contributed by atoms with E-state index in [0.29, 0.717) is 19.1 Å². The second kappa shape index (κ2) is 7.38. The maximum atomic E-state index is 11.6. The van der Waals surface area contributed by atoms with E-state index in [9.17, 15) is 9.90 Å². The van der Waals surface area contributed by atoms with Crippen molar-refractivity contribution in [2.75, 3.05) is 26.2 Å². The largest absolute Gasteiger partial charge is 0.465 e. The van der Waals surface area contributed by atoms with Crippen molar-refractivity contribution in [1.82, 2.24) is 4.90 Å². The third-order valence-corrected chi connectivity index (χ3v) is 3.86. The molecule has 5 heteroatoms. The molecule has 1 aliphatic heterocycles. The van der Waals surface area contributed by atoms with E-state index in [2.05, 4.69) is 0 Å². The van der Waals surface area contributed by atoms with Gasteiger partial charge < -0.3 is 15.6 Å². The van der Waals surface area contributed by atoms with Crippen molar-refractivity contribution in [1.29, 1.82) is 0 Å². The number of carbonyl (C=O) groups excluding carboxylic acids is 1. The third kappa shape index (κ3) is 5.77. The normalized spacial score (nSPS) is 26.3. The van der Waals surface area contributed by atoms with Gasteiger partial charge in [-0.15, -0.1) is 0 Å². The SMILES string of the molecule is CCOC(=O)CN1CC(N)CC(CC(O)C(C)(C)C)C1. The number of aliphatic hydroxyl groups excluding tert-OH is 1. The van der Waals surface area contributed by atoms with E-state index in [1.165, 1.54) is 0 Å². The molecule has 0 saturated carbocycles. The van der Waals surface area contributed by atoms with Crippen LogP contribution in [0.2, 0.25) is 0 Å². The lowest BCUT2D eigenvalue weighted by atomic mass is 9.80. The van der Waals surface area contributed by atoms with Gasteiger partial charge in [0.25, 0.3) is 0 Å². The Balaban J connectivity index is 2.51. The molecule has 118 valence electrons. The minimum Gasteiger partial charge on any atom is -0.465 e. The minimum absolute atomic E-state index is 0.0651. The highest BCUT2D eigenvalue weighted by atomic mass is 16.5. The average Bonchev–Trinajstić information content (AvgIpc) is 2.26. The molecule has 1 rings (SSSR count). The van der Waals surface area contributed by atoms with E-state index in [-0.39, 0.29) is 23.5 Å². The highest BCUT2D eigenvalue weighted by Gasteiger charge is 2.31. The second-order valence-electron chi connectivity index (χ2n) is 6.98. The number of nitrogens with two attached hydrogens (primary N) is 1. The zero-order chi connectivity index (χ0) is 15.3. The van der Waals surface area contributed by atoms with Crippen molar-refractivity contribution in [3.8, 4) is 0 Å². The van der Waals surface area contributed by atoms with Crippen molar-refractivity contribution in [3.05, 3.63) is 0 Å². The lowest BCUT2D eigenvalue weighted by molar-refractivity contribution is -0.145. The quantitative estimate of drug-likeness (QED) is 0.737. The fourth-order valence-electron chi connectivity index (χ4n) is 2.71. The summed E-state index contributed by atoms with van der Waals surface area (Å²) in [7, 11) is 0. The molecule has 0 aliphatic carbocycles. The Hall–Kier alpha value is -0.650. The first-order valence-corrected chi connectivity index (χ1v) is 7.54. The van der Waals surface area contributed by atoms with Crippen molar-refractivity contribution in [2.45, 2.75) is 52.7 Å². The summed E-state index contributed by atoms with van der Waals surface area (Å²) >= 11 is 0. The predicted octanol–water partition coefficient (Wildman–Crippen LogP) is 0.996. The fourth-order valence-corrected chi connectivity index (χ4v) is 2.71. The number of nitrogens with zero attached hydrogens (tertiary/aromatic N) is 1. The first-order chi connectivity index (χ1) is 9.22. The number of hydrogen-bond donors (Lipinski definition) is 2. The third-order valence-electron chi connectivity index (χ3n) is 3.86. The average molecular weight is 286 g/mol. The summed E-state index contributed by atoms with van der Waals surface area (Å²) in [5, 5.41) is 10.2. The predicted molar refractivity (Wildman–Crippen MR) is 79.2 cm³/mol. The molecule has 0 amide bonds. The van der Waals surface area contributed by atoms with Gasteiger partial charge >= 0.3 is 5.97 Å². The molecule has 1 heterocycles. The topological polar surface area (TPSA) is 75.8 Å². The van der Waals surface area contributed by atoms with Crippen LogP contribution >= 0.6 is 0 Å². The Morgan fingerprint density at radius 2 is 2.10 bits per heavy atom. The summed E-state index contributed by atoms with van der Waals surface area (Å²) < 4.78 is 4.98. The van der Waals surface area contributed by atoms with Gasteiger partial charge in [0.05, 0.1) is 19.3 Å². The van der Waals surface area contributed by atoms with Crippen LogP contribution in [0.1, 0.15) is 40.5 Å². The zero-order valence-corrected chi connectivity index (χ0v) is 13.3. The van der Waals surface area contributed by atoms with E-state index >= 15 is 0 Å². The molecule has 0 bridgehead atoms. The van der Waals surface area contributed by atoms with Gasteiger partial charge in [-0.25, -0.2) is 0 Å². The van der Waals surface area contributed by atoms with Crippen LogP contribution in [-0.2, 0) is 9.53 Å². The number of aliphatic hydroxyl groups is 1. The Bertz CT molecular complexity index is 315. The summed E-state index contributed by atoms with van der Waals surface area (Å²) in [4.78, 5) is 13.6. The van der Waals surface area contributed by atoms with Gasteiger partial charge in [0.2, 0.25) is 0 Å². The van der Waals surface area contributed by atoms with Gasteiger partial charge in [-0.2, -0.15) is 0 Å². The smallest absolute Gasteiger partial charge is 0.320 e. The van der Waals surface area contributed by atoms with Crippen LogP contribution in [-0.4, -0.2) is 54.4 Å². The highest BCUT2D eigenvalue weighted by molar-refractivity contribution is 5.71. The lowest BCUT2D eigenvalue weighted by Crippen LogP contribution is -2.49. The molecule has 0 aromatic rings. The summed E-state index contributed by atoms with van der Waals surface area (Å²) in [6.07, 6.45) is 1.30. The van der Waals surface area contributed by atoms with Gasteiger partial charge in [-0.3, -0.25) is 9.69 Å². The van der Waals surface area contributed by atoms with Crippen molar-refractivity contribution in [2.24, 2.45) is 17.1 Å². The number of rotatable bonds is 5. The van der Waals surface area contributed by atoms with Gasteiger partial charge in [-0.05, 0) is 31.1 Å². The number of hydrogen-bond acceptors (Lipinski definition) is 5. The molecule has 0 spiro atoms. The van der Waals surface area contributed by atoms with Gasteiger partial charge in [0.1, 0.15) is 0 Å². The zero-order valence-electron chi connectivity index (χ0n) is 13.3. The van der Waals surface area contributed by atoms with Crippen molar-refractivity contribution in [3.63, 3.8) is 0 Å². The molecular formula is C15H30N2O3. The molecular weight excluding hydrogens is 256 g/mol. The van der Waals surface area contributed by atoms with Crippen LogP contribution < -0.4 is 5.73 Å². The van der Waals surface area contributed by atoms with E-state index in [0.717, 1.165) is 25.9 Å². The molecule has 3 unspecified atom stereocenters. The molecule has 3 atom stereocenters. The molecule has 20 heavy (non-hydrogen) atoms. The maximum Gasteiger partial charge on any atom is 0.320 e. The molecule has 1 saturated heterocycles. The van der Waals surface area contributed by atoms with Crippen LogP contribution in [0.3, 0.4) is 0 Å². The Morgan fingerprint density at radius 1 is 1.45 bits per heavy atom. The van der Waals surface area contributed by atoms with Gasteiger partial charge in [0, 0.05) is 19.1 Å². The fraction of sp³-hybridized carbons (Fsp3) is 0.933. The van der Waals surface area contributed by atoms with Gasteiger partial charge in [0.15, 0.2) is 0 Å². The summed E-state index contributed by atoms with van der Waals surface area (Å²) in [5.41, 5.74) is 5.96. The number of likely N-dealkylation sites (tertiary alicyclic amines) is 1. The number of esters is 1. The monoisotopic (exact) mass is 286 g/mol. The van der Waals surface area contributed by atoms with E-state index in [1.807, 2.05) is 32.6 Å². The molecule has 0 aromatic carbocycles. The van der Waals surface area contributed by atoms with Gasteiger partial charge in [-0.1, -0.05) is 20.8 Å². The number of piperidine rings is 1. The molecule has 0 radical (unpaired) electrons. The van der Waals surface area contributed by atoms with Crippen LogP contribution in [0.15, 0.2) is 0 Å². The Kier molecular flexibility index (Phi) is 6.43. The molecule has 3 N–H and O–H groups in total. The van der Waals surface area contributed by atoms with E-state index in [4.69, 9.17) is 10.5 Å². The first kappa shape index (κ1) is 17.4. The van der Waals surface area contributed by atoms with Crippen LogP contribution in [0.25, 0.3) is 0 Å². The molecule has 1 fully saturated rings. The van der Waals surface area contributed by atoms with Crippen molar-refractivity contribution < 1.29 is 14.6 Å². The summed E-state index contributed by atoms with van der Waals surface area (Å²) in [6, 6.07) is 0.0651. The summed E-state index contributed by atoms with van der Waals surface area (Å²) in [6.45, 7) is 10.2. The molecule has 1 aliphatic rings. The summed E-state index contributed by atoms with van der Waals surface area (Å²) in [5.74, 6) is 0.138. The Labute approximate surface area is 122 Å². The van der Waals surface area contributed by atoms with Crippen LogP contribution in [0.5, 0.6) is 0 Å². The van der Waals surface area contributed by atoms with Crippen LogP contribution in [0.4, 0.5) is 0 Å². The standard InChI is InChI=1S/C15H30N2O3/c1-5-20-14(19)10-17-8-11(6-12(16)9-17)7-13(18)15(2,3)4/h11-13,18H,5-10,16H2,1-4H3. The minimum atomic E-state index is -0.345. The molecule has 0 aromatic heterocycles. The number of carbonyl (C=O) groups is 1. The highest BCUT2D eigenvalue weighted by Crippen LogP contribution is 2.28.